The Bertz CT molecular complexity index is 1470. The van der Waals surface area contributed by atoms with Gasteiger partial charge in [-0.1, -0.05) is 61.9 Å². The molecule has 0 saturated heterocycles. The number of H-pyrrole nitrogens is 1. The van der Waals surface area contributed by atoms with Crippen LogP contribution in [-0.4, -0.2) is 83.1 Å². The first-order valence-electron chi connectivity index (χ1n) is 15.4. The number of halogens is 1. The average Bonchev–Trinajstić information content (AvgIpc) is 3.77. The minimum atomic E-state index is -1.01. The summed E-state index contributed by atoms with van der Waals surface area (Å²) in [6, 6.07) is 15.1. The van der Waals surface area contributed by atoms with Gasteiger partial charge in [-0.3, -0.25) is 24.0 Å². The lowest BCUT2D eigenvalue weighted by atomic mass is 10.0. The standard InChI is InChI=1S/C33H41ClN6O5/c1-2-3-15-40(33(45)28(39-29(41)18-34)16-22-9-5-4-6-10-22)21-31(43)38-27(32(44)36-20-30(42)37-24-13-14-24)17-23-19-35-26-12-8-7-11-25(23)26/h4-12,19,24,27-28,35H,2-3,13-18,20-21H2,1H3,(H,36,44)(H,37,42)(H,38,43)(H,39,41)/t27-,28-/m0/s1. The number of fused-ring (bicyclic) bond motifs is 1. The van der Waals surface area contributed by atoms with E-state index in [2.05, 4.69) is 26.3 Å². The van der Waals surface area contributed by atoms with E-state index in [1.54, 1.807) is 6.20 Å². The van der Waals surface area contributed by atoms with Crippen molar-refractivity contribution in [1.29, 1.82) is 0 Å². The van der Waals surface area contributed by atoms with Crippen LogP contribution in [0.15, 0.2) is 60.8 Å². The zero-order valence-corrected chi connectivity index (χ0v) is 26.2. The molecular formula is C33H41ClN6O5. The summed E-state index contributed by atoms with van der Waals surface area (Å²) >= 11 is 5.74. The van der Waals surface area contributed by atoms with Gasteiger partial charge in [-0.2, -0.15) is 0 Å². The molecule has 12 heteroatoms. The SMILES string of the molecule is CCCCN(CC(=O)N[C@@H](Cc1c[nH]c2ccccc12)C(=O)NCC(=O)NC1CC1)C(=O)[C@H](Cc1ccccc1)NC(=O)CCl. The highest BCUT2D eigenvalue weighted by Gasteiger charge is 2.30. The summed E-state index contributed by atoms with van der Waals surface area (Å²) in [5.41, 5.74) is 2.55. The molecule has 5 N–H and O–H groups in total. The van der Waals surface area contributed by atoms with Gasteiger partial charge in [0.25, 0.3) is 0 Å². The van der Waals surface area contributed by atoms with Crippen LogP contribution in [0, 0.1) is 0 Å². The van der Waals surface area contributed by atoms with Gasteiger partial charge in [0.15, 0.2) is 0 Å². The number of nitrogens with one attached hydrogen (secondary N) is 5. The molecule has 3 aromatic rings. The molecule has 1 aromatic heterocycles. The number of hydrogen-bond donors (Lipinski definition) is 5. The van der Waals surface area contributed by atoms with E-state index in [0.717, 1.165) is 41.3 Å². The van der Waals surface area contributed by atoms with E-state index in [9.17, 15) is 24.0 Å². The maximum Gasteiger partial charge on any atom is 0.245 e. The van der Waals surface area contributed by atoms with Crippen molar-refractivity contribution in [3.63, 3.8) is 0 Å². The van der Waals surface area contributed by atoms with E-state index in [4.69, 9.17) is 11.6 Å². The van der Waals surface area contributed by atoms with Gasteiger partial charge in [0, 0.05) is 42.5 Å². The summed E-state index contributed by atoms with van der Waals surface area (Å²) in [4.78, 5) is 69.7. The zero-order chi connectivity index (χ0) is 32.2. The molecule has 0 radical (unpaired) electrons. The van der Waals surface area contributed by atoms with Gasteiger partial charge in [-0.25, -0.2) is 0 Å². The van der Waals surface area contributed by atoms with Crippen LogP contribution in [0.5, 0.6) is 0 Å². The summed E-state index contributed by atoms with van der Waals surface area (Å²) in [5, 5.41) is 11.9. The van der Waals surface area contributed by atoms with Gasteiger partial charge < -0.3 is 31.2 Å². The summed E-state index contributed by atoms with van der Waals surface area (Å²) in [6.45, 7) is 1.73. The van der Waals surface area contributed by atoms with Crippen molar-refractivity contribution in [3.05, 3.63) is 71.9 Å². The number of aromatic amines is 1. The zero-order valence-electron chi connectivity index (χ0n) is 25.4. The third kappa shape index (κ3) is 10.3. The molecule has 0 spiro atoms. The first kappa shape index (κ1) is 33.5. The predicted octanol–water partition coefficient (Wildman–Crippen LogP) is 2.19. The largest absolute Gasteiger partial charge is 0.361 e. The van der Waals surface area contributed by atoms with Gasteiger partial charge >= 0.3 is 0 Å². The van der Waals surface area contributed by atoms with Crippen molar-refractivity contribution in [3.8, 4) is 0 Å². The summed E-state index contributed by atoms with van der Waals surface area (Å²) in [7, 11) is 0. The minimum absolute atomic E-state index is 0.155. The van der Waals surface area contributed by atoms with Crippen LogP contribution in [0.4, 0.5) is 0 Å². The Morgan fingerprint density at radius 2 is 1.62 bits per heavy atom. The van der Waals surface area contributed by atoms with Crippen molar-refractivity contribution >= 4 is 52.0 Å². The number of unbranched alkanes of at least 4 members (excludes halogenated alkanes) is 1. The molecule has 240 valence electrons. The Morgan fingerprint density at radius 3 is 2.33 bits per heavy atom. The van der Waals surface area contributed by atoms with Crippen molar-refractivity contribution in [2.45, 2.75) is 63.6 Å². The van der Waals surface area contributed by atoms with Crippen LogP contribution in [0.25, 0.3) is 10.9 Å². The molecule has 11 nitrogen and oxygen atoms in total. The van der Waals surface area contributed by atoms with Crippen molar-refractivity contribution in [2.24, 2.45) is 0 Å². The minimum Gasteiger partial charge on any atom is -0.361 e. The fourth-order valence-corrected chi connectivity index (χ4v) is 5.14. The molecule has 1 fully saturated rings. The number of carbonyl (C=O) groups excluding carboxylic acids is 5. The highest BCUT2D eigenvalue weighted by atomic mass is 35.5. The lowest BCUT2D eigenvalue weighted by Crippen LogP contribution is -2.55. The summed E-state index contributed by atoms with van der Waals surface area (Å²) < 4.78 is 0. The molecule has 0 aliphatic heterocycles. The lowest BCUT2D eigenvalue weighted by Gasteiger charge is -2.28. The second-order valence-corrected chi connectivity index (χ2v) is 11.6. The fraction of sp³-hybridized carbons (Fsp3) is 0.424. The van der Waals surface area contributed by atoms with Crippen LogP contribution < -0.4 is 21.3 Å². The second kappa shape index (κ2) is 16.6. The normalized spacial score (nSPS) is 13.8. The van der Waals surface area contributed by atoms with E-state index >= 15 is 0 Å². The van der Waals surface area contributed by atoms with Gasteiger partial charge in [0.05, 0.1) is 13.1 Å². The molecule has 2 aromatic carbocycles. The number of amides is 5. The van der Waals surface area contributed by atoms with Gasteiger partial charge in [-0.05, 0) is 36.5 Å². The van der Waals surface area contributed by atoms with E-state index in [-0.39, 0.29) is 50.3 Å². The maximum atomic E-state index is 13.8. The van der Waals surface area contributed by atoms with Crippen molar-refractivity contribution < 1.29 is 24.0 Å². The highest BCUT2D eigenvalue weighted by molar-refractivity contribution is 6.27. The first-order valence-corrected chi connectivity index (χ1v) is 15.9. The quantitative estimate of drug-likeness (QED) is 0.144. The number of aromatic nitrogens is 1. The third-order valence-electron chi connectivity index (χ3n) is 7.58. The summed E-state index contributed by atoms with van der Waals surface area (Å²) in [6.07, 6.45) is 5.44. The molecule has 1 aliphatic rings. The van der Waals surface area contributed by atoms with Crippen LogP contribution >= 0.6 is 11.6 Å². The van der Waals surface area contributed by atoms with Crippen LogP contribution in [0.2, 0.25) is 0 Å². The second-order valence-electron chi connectivity index (χ2n) is 11.3. The van der Waals surface area contributed by atoms with Crippen LogP contribution in [0.1, 0.15) is 43.7 Å². The van der Waals surface area contributed by atoms with Crippen molar-refractivity contribution in [2.75, 3.05) is 25.5 Å². The highest BCUT2D eigenvalue weighted by Crippen LogP contribution is 2.20. The fourth-order valence-electron chi connectivity index (χ4n) is 5.06. The number of rotatable bonds is 17. The van der Waals surface area contributed by atoms with Gasteiger partial charge in [0.2, 0.25) is 29.5 Å². The number of carbonyl (C=O) groups is 5. The number of hydrogen-bond acceptors (Lipinski definition) is 5. The molecule has 1 heterocycles. The van der Waals surface area contributed by atoms with Gasteiger partial charge in [0.1, 0.15) is 18.0 Å². The predicted molar refractivity (Wildman–Crippen MR) is 172 cm³/mol. The molecule has 0 unspecified atom stereocenters. The average molecular weight is 637 g/mol. The van der Waals surface area contributed by atoms with Crippen LogP contribution in [-0.2, 0) is 36.8 Å². The number of para-hydroxylation sites is 1. The molecule has 4 rings (SSSR count). The maximum absolute atomic E-state index is 13.8. The molecular weight excluding hydrogens is 596 g/mol. The van der Waals surface area contributed by atoms with E-state index in [0.29, 0.717) is 6.42 Å². The monoisotopic (exact) mass is 636 g/mol. The van der Waals surface area contributed by atoms with Crippen LogP contribution in [0.3, 0.4) is 0 Å². The Kier molecular flexibility index (Phi) is 12.4. The Labute approximate surface area is 267 Å². The number of benzene rings is 2. The molecule has 5 amide bonds. The molecule has 2 atom stereocenters. The Hall–Kier alpha value is -4.38. The molecule has 0 bridgehead atoms. The topological polar surface area (TPSA) is 152 Å². The third-order valence-corrected chi connectivity index (χ3v) is 7.82. The lowest BCUT2D eigenvalue weighted by molar-refractivity contribution is -0.140. The smallest absolute Gasteiger partial charge is 0.245 e. The van der Waals surface area contributed by atoms with E-state index in [1.807, 2.05) is 61.5 Å². The number of nitrogens with zero attached hydrogens (tertiary/aromatic N) is 1. The van der Waals surface area contributed by atoms with E-state index in [1.165, 1.54) is 4.90 Å². The van der Waals surface area contributed by atoms with Gasteiger partial charge in [-0.15, -0.1) is 11.6 Å². The summed E-state index contributed by atoms with van der Waals surface area (Å²) in [5.74, 6) is -2.56. The molecule has 45 heavy (non-hydrogen) atoms. The first-order chi connectivity index (χ1) is 21.8. The molecule has 1 aliphatic carbocycles. The van der Waals surface area contributed by atoms with E-state index < -0.39 is 35.7 Å². The Morgan fingerprint density at radius 1 is 0.911 bits per heavy atom. The Balaban J connectivity index is 1.49. The molecule has 1 saturated carbocycles. The van der Waals surface area contributed by atoms with Crippen molar-refractivity contribution in [1.82, 2.24) is 31.2 Å². The number of alkyl halides is 1.